The molecule has 0 N–H and O–H groups in total. The third kappa shape index (κ3) is 22.5. The average molecular weight is 207 g/mol. The predicted molar refractivity (Wildman–Crippen MR) is 51.4 cm³/mol. The molecule has 0 rings (SSSR count). The molecule has 0 aromatic carbocycles. The van der Waals surface area contributed by atoms with Crippen LogP contribution in [0.1, 0.15) is 6.92 Å². The molecule has 0 saturated carbocycles. The van der Waals surface area contributed by atoms with Crippen LogP contribution in [-0.4, -0.2) is 58.6 Å². The van der Waals surface area contributed by atoms with Crippen LogP contribution >= 0.6 is 0 Å². The highest BCUT2D eigenvalue weighted by Gasteiger charge is 2.03. The van der Waals surface area contributed by atoms with E-state index in [1.807, 2.05) is 6.92 Å². The van der Waals surface area contributed by atoms with Crippen LogP contribution in [0.15, 0.2) is 0 Å². The highest BCUT2D eigenvalue weighted by Crippen LogP contribution is 1.88. The van der Waals surface area contributed by atoms with Crippen LogP contribution in [0.5, 0.6) is 0 Å². The first-order valence-corrected chi connectivity index (χ1v) is 4.40. The monoisotopic (exact) mass is 207 g/mol. The number of carbonyl (C=O) groups is 1. The Balaban J connectivity index is 0. The molecule has 0 heterocycles. The van der Waals surface area contributed by atoms with Gasteiger partial charge in [0.25, 0.3) is 0 Å². The number of carboxylic acid groups (broad SMARTS) is 1. The Morgan fingerprint density at radius 2 is 1.86 bits per heavy atom. The summed E-state index contributed by atoms with van der Waals surface area (Å²) in [7, 11) is 7.62. The summed E-state index contributed by atoms with van der Waals surface area (Å²) >= 11 is 0. The van der Waals surface area contributed by atoms with E-state index in [0.29, 0.717) is 0 Å². The molecule has 0 unspecified atom stereocenters. The number of rotatable bonds is 5. The van der Waals surface area contributed by atoms with Crippen molar-refractivity contribution in [3.8, 4) is 0 Å². The number of nitrogens with zero attached hydrogens (tertiary/aromatic N) is 1. The van der Waals surface area contributed by atoms with Crippen molar-refractivity contribution in [1.82, 2.24) is 0 Å². The Labute approximate surface area is 85.8 Å². The molecule has 86 valence electrons. The number of carbonyl (C=O) groups excluding carboxylic acids is 1. The molecule has 0 aliphatic heterocycles. The summed E-state index contributed by atoms with van der Waals surface area (Å²) in [6.07, 6.45) is 0. The molecule has 5 heteroatoms. The zero-order chi connectivity index (χ0) is 11.6. The Bertz CT molecular complexity index is 142. The van der Waals surface area contributed by atoms with Gasteiger partial charge >= 0.3 is 0 Å². The van der Waals surface area contributed by atoms with Gasteiger partial charge in [-0.1, -0.05) is 0 Å². The maximum absolute atomic E-state index is 9.36. The lowest BCUT2D eigenvalue weighted by atomic mass is 10.7. The number of carboxylic acids is 1. The van der Waals surface area contributed by atoms with Gasteiger partial charge in [0.2, 0.25) is 0 Å². The molecule has 0 aromatic rings. The quantitative estimate of drug-likeness (QED) is 0.431. The van der Waals surface area contributed by atoms with Crippen LogP contribution in [-0.2, 0) is 14.3 Å². The summed E-state index contributed by atoms with van der Waals surface area (Å²) in [5, 5.41) is 9.36. The van der Waals surface area contributed by atoms with Crippen LogP contribution < -0.4 is 5.11 Å². The molecule has 0 aliphatic carbocycles. The van der Waals surface area contributed by atoms with Gasteiger partial charge in [-0.3, -0.25) is 0 Å². The van der Waals surface area contributed by atoms with Crippen LogP contribution in [0.2, 0.25) is 0 Å². The molecule has 0 aromatic heterocycles. The van der Waals surface area contributed by atoms with Crippen molar-refractivity contribution in [3.05, 3.63) is 0 Å². The maximum Gasteiger partial charge on any atom is 0.182 e. The van der Waals surface area contributed by atoms with Crippen LogP contribution in [0.3, 0.4) is 0 Å². The van der Waals surface area contributed by atoms with E-state index in [0.717, 1.165) is 17.8 Å². The van der Waals surface area contributed by atoms with Gasteiger partial charge in [-0.25, -0.2) is 0 Å². The van der Waals surface area contributed by atoms with Crippen molar-refractivity contribution >= 4 is 5.97 Å². The first-order chi connectivity index (χ1) is 6.33. The molecule has 0 atom stereocenters. The second-order valence-electron chi connectivity index (χ2n) is 3.72. The third-order valence-electron chi connectivity index (χ3n) is 0.945. The van der Waals surface area contributed by atoms with E-state index in [4.69, 9.17) is 4.74 Å². The fourth-order valence-corrected chi connectivity index (χ4v) is 0.483. The minimum absolute atomic E-state index is 0.319. The molecule has 0 amide bonds. The van der Waals surface area contributed by atoms with Gasteiger partial charge in [0.1, 0.15) is 0 Å². The Morgan fingerprint density at radius 1 is 1.36 bits per heavy atom. The first-order valence-electron chi connectivity index (χ1n) is 4.40. The van der Waals surface area contributed by atoms with Crippen molar-refractivity contribution in [3.63, 3.8) is 0 Å². The van der Waals surface area contributed by atoms with Crippen LogP contribution in [0, 0.1) is 0 Å². The highest BCUT2D eigenvalue weighted by atomic mass is 16.5. The largest absolute Gasteiger partial charge is 0.548 e. The van der Waals surface area contributed by atoms with Gasteiger partial charge in [-0.15, -0.1) is 0 Å². The van der Waals surface area contributed by atoms with E-state index in [2.05, 4.69) is 25.9 Å². The number of quaternary nitrogens is 1. The number of hydrogen-bond donors (Lipinski definition) is 0. The summed E-state index contributed by atoms with van der Waals surface area (Å²) in [5.41, 5.74) is 0. The molecule has 5 nitrogen and oxygen atoms in total. The summed E-state index contributed by atoms with van der Waals surface area (Å²) in [5.74, 6) is -1.18. The van der Waals surface area contributed by atoms with Crippen LogP contribution in [0.25, 0.3) is 0 Å². The molecule has 0 radical (unpaired) electrons. The minimum Gasteiger partial charge on any atom is -0.548 e. The van der Waals surface area contributed by atoms with Crippen molar-refractivity contribution < 1.29 is 23.9 Å². The summed E-state index contributed by atoms with van der Waals surface area (Å²) < 4.78 is 10.2. The predicted octanol–water partition coefficient (Wildman–Crippen LogP) is -0.931. The number of hydrogen-bond acceptors (Lipinski definition) is 4. The summed E-state index contributed by atoms with van der Waals surface area (Å²) in [6.45, 7) is 3.31. The van der Waals surface area contributed by atoms with Crippen molar-refractivity contribution in [1.29, 1.82) is 0 Å². The zero-order valence-corrected chi connectivity index (χ0v) is 9.70. The van der Waals surface area contributed by atoms with E-state index < -0.39 is 5.97 Å². The molecular weight excluding hydrogens is 186 g/mol. The summed E-state index contributed by atoms with van der Waals surface area (Å²) in [6, 6.07) is 0. The number of methoxy groups -OCH3 is 1. The second-order valence-corrected chi connectivity index (χ2v) is 3.72. The fraction of sp³-hybridized carbons (Fsp3) is 0.889. The molecule has 0 saturated heterocycles. The third-order valence-corrected chi connectivity index (χ3v) is 0.945. The van der Waals surface area contributed by atoms with E-state index in [1.165, 1.54) is 7.11 Å². The smallest absolute Gasteiger partial charge is 0.182 e. The lowest BCUT2D eigenvalue weighted by molar-refractivity contribution is -0.890. The van der Waals surface area contributed by atoms with Gasteiger partial charge in [-0.05, 0) is 6.92 Å². The maximum atomic E-state index is 9.36. The molecule has 0 bridgehead atoms. The fourth-order valence-electron chi connectivity index (χ4n) is 0.483. The Morgan fingerprint density at radius 3 is 1.93 bits per heavy atom. The lowest BCUT2D eigenvalue weighted by Crippen LogP contribution is -2.36. The molecule has 0 fully saturated rings. The summed E-state index contributed by atoms with van der Waals surface area (Å²) in [4.78, 5) is 9.36. The van der Waals surface area contributed by atoms with Gasteiger partial charge in [0.15, 0.2) is 6.73 Å². The Hall–Kier alpha value is -0.650. The van der Waals surface area contributed by atoms with Crippen LogP contribution in [0.4, 0.5) is 0 Å². The molecule has 0 aliphatic rings. The first kappa shape index (κ1) is 15.8. The van der Waals surface area contributed by atoms with E-state index in [1.54, 1.807) is 0 Å². The van der Waals surface area contributed by atoms with E-state index in [-0.39, 0.29) is 6.61 Å². The number of ether oxygens (including phenoxy) is 2. The van der Waals surface area contributed by atoms with Crippen molar-refractivity contribution in [2.75, 3.05) is 48.2 Å². The van der Waals surface area contributed by atoms with Gasteiger partial charge in [0.05, 0.1) is 33.7 Å². The topological polar surface area (TPSA) is 58.6 Å². The molecule has 0 spiro atoms. The van der Waals surface area contributed by atoms with Crippen molar-refractivity contribution in [2.24, 2.45) is 0 Å². The average Bonchev–Trinajstić information content (AvgIpc) is 2.00. The van der Waals surface area contributed by atoms with E-state index in [9.17, 15) is 9.90 Å². The van der Waals surface area contributed by atoms with Gasteiger partial charge in [-0.2, -0.15) is 0 Å². The lowest BCUT2D eigenvalue weighted by Gasteiger charge is -2.22. The highest BCUT2D eigenvalue weighted by molar-refractivity contribution is 5.65. The normalized spacial score (nSPS) is 10.4. The standard InChI is InChI=1S/C6H16NO.C3H6O3/c1-5-8-6-7(2,3)4;1-6-2-3(4)5/h5-6H2,1-4H3;2H2,1H3,(H,4,5)/q+1;/p-1. The Kier molecular flexibility index (Phi) is 10.1. The van der Waals surface area contributed by atoms with Crippen molar-refractivity contribution in [2.45, 2.75) is 6.92 Å². The minimum atomic E-state index is -1.18. The molecule has 14 heavy (non-hydrogen) atoms. The number of aliphatic carboxylic acids is 1. The SMILES string of the molecule is CCOC[N+](C)(C)C.COCC(=O)[O-]. The van der Waals surface area contributed by atoms with Gasteiger partial charge in [0, 0.05) is 13.7 Å². The van der Waals surface area contributed by atoms with Gasteiger partial charge < -0.3 is 23.9 Å². The van der Waals surface area contributed by atoms with E-state index >= 15 is 0 Å². The second kappa shape index (κ2) is 8.93. The molecular formula is C9H21NO4. The zero-order valence-electron chi connectivity index (χ0n) is 9.70.